The Morgan fingerprint density at radius 1 is 1.10 bits per heavy atom. The lowest BCUT2D eigenvalue weighted by atomic mass is 9.97. The maximum Gasteiger partial charge on any atom is 0.0314 e. The van der Waals surface area contributed by atoms with Crippen molar-refractivity contribution in [2.24, 2.45) is 0 Å². The number of hydrogen-bond acceptors (Lipinski definition) is 3. The Morgan fingerprint density at radius 3 is 2.40 bits per heavy atom. The summed E-state index contributed by atoms with van der Waals surface area (Å²) in [5.74, 6) is 0.551. The summed E-state index contributed by atoms with van der Waals surface area (Å²) in [7, 11) is 2.16. The molecule has 0 aliphatic carbocycles. The maximum atomic E-state index is 5.72. The second-order valence-corrected chi connectivity index (χ2v) is 5.45. The molecule has 0 bridgehead atoms. The Bertz CT molecular complexity index is 508. The third-order valence-corrected chi connectivity index (χ3v) is 3.65. The summed E-state index contributed by atoms with van der Waals surface area (Å²) in [6, 6.07) is 12.4. The van der Waals surface area contributed by atoms with Crippen LogP contribution >= 0.6 is 0 Å². The van der Waals surface area contributed by atoms with Gasteiger partial charge in [-0.25, -0.2) is 0 Å². The molecular formula is C17H23N3. The van der Waals surface area contributed by atoms with E-state index in [1.54, 1.807) is 0 Å². The summed E-state index contributed by atoms with van der Waals surface area (Å²) >= 11 is 0. The van der Waals surface area contributed by atoms with E-state index in [0.717, 1.165) is 25.2 Å². The first-order valence-corrected chi connectivity index (χ1v) is 7.08. The van der Waals surface area contributed by atoms with Gasteiger partial charge in [-0.05, 0) is 61.3 Å². The van der Waals surface area contributed by atoms with Crippen LogP contribution in [0.2, 0.25) is 0 Å². The molecule has 2 rings (SSSR count). The molecule has 0 saturated heterocycles. The molecule has 1 aromatic heterocycles. The molecule has 0 fully saturated rings. The van der Waals surface area contributed by atoms with E-state index in [1.807, 2.05) is 24.5 Å². The summed E-state index contributed by atoms with van der Waals surface area (Å²) in [4.78, 5) is 6.40. The van der Waals surface area contributed by atoms with Gasteiger partial charge in [-0.1, -0.05) is 19.1 Å². The van der Waals surface area contributed by atoms with Crippen molar-refractivity contribution in [1.29, 1.82) is 0 Å². The Hall–Kier alpha value is -1.87. The van der Waals surface area contributed by atoms with Gasteiger partial charge in [0.25, 0.3) is 0 Å². The molecule has 3 heteroatoms. The minimum atomic E-state index is 0.551. The highest BCUT2D eigenvalue weighted by molar-refractivity contribution is 5.40. The zero-order valence-corrected chi connectivity index (χ0v) is 12.3. The first-order valence-electron chi connectivity index (χ1n) is 7.08. The van der Waals surface area contributed by atoms with Crippen molar-refractivity contribution in [3.8, 4) is 0 Å². The highest BCUT2D eigenvalue weighted by Gasteiger charge is 2.07. The summed E-state index contributed by atoms with van der Waals surface area (Å²) in [5.41, 5.74) is 9.22. The number of rotatable bonds is 6. The van der Waals surface area contributed by atoms with Gasteiger partial charge in [0.2, 0.25) is 0 Å². The zero-order chi connectivity index (χ0) is 14.4. The number of pyridine rings is 1. The fraction of sp³-hybridized carbons (Fsp3) is 0.353. The third kappa shape index (κ3) is 4.35. The van der Waals surface area contributed by atoms with E-state index in [-0.39, 0.29) is 0 Å². The molecule has 0 saturated carbocycles. The van der Waals surface area contributed by atoms with E-state index in [9.17, 15) is 0 Å². The molecule has 1 unspecified atom stereocenters. The van der Waals surface area contributed by atoms with Crippen molar-refractivity contribution in [1.82, 2.24) is 9.88 Å². The van der Waals surface area contributed by atoms with E-state index in [2.05, 4.69) is 48.1 Å². The van der Waals surface area contributed by atoms with E-state index in [1.165, 1.54) is 11.1 Å². The van der Waals surface area contributed by atoms with Crippen LogP contribution in [0.25, 0.3) is 0 Å². The Balaban J connectivity index is 1.81. The summed E-state index contributed by atoms with van der Waals surface area (Å²) in [5, 5.41) is 0. The van der Waals surface area contributed by atoms with Crippen molar-refractivity contribution >= 4 is 5.69 Å². The number of aromatic nitrogens is 1. The molecule has 106 valence electrons. The number of hydrogen-bond donors (Lipinski definition) is 1. The van der Waals surface area contributed by atoms with Crippen LogP contribution < -0.4 is 5.73 Å². The van der Waals surface area contributed by atoms with E-state index in [0.29, 0.717) is 5.92 Å². The van der Waals surface area contributed by atoms with Gasteiger partial charge in [0.1, 0.15) is 0 Å². The predicted octanol–water partition coefficient (Wildman–Crippen LogP) is 3.29. The monoisotopic (exact) mass is 269 g/mol. The van der Waals surface area contributed by atoms with E-state index < -0.39 is 0 Å². The lowest BCUT2D eigenvalue weighted by Crippen LogP contribution is -2.20. The van der Waals surface area contributed by atoms with Gasteiger partial charge in [0.15, 0.2) is 0 Å². The second kappa shape index (κ2) is 7.06. The summed E-state index contributed by atoms with van der Waals surface area (Å²) < 4.78 is 0. The molecule has 0 radical (unpaired) electrons. The molecule has 0 amide bonds. The Morgan fingerprint density at radius 2 is 1.75 bits per heavy atom. The Kier molecular flexibility index (Phi) is 5.13. The minimum Gasteiger partial charge on any atom is -0.399 e. The van der Waals surface area contributed by atoms with Gasteiger partial charge in [0.05, 0.1) is 0 Å². The summed E-state index contributed by atoms with van der Waals surface area (Å²) in [6.07, 6.45) is 4.84. The largest absolute Gasteiger partial charge is 0.399 e. The normalized spacial score (nSPS) is 12.6. The first kappa shape index (κ1) is 14.5. The third-order valence-electron chi connectivity index (χ3n) is 3.65. The van der Waals surface area contributed by atoms with Crippen LogP contribution in [0, 0.1) is 0 Å². The summed E-state index contributed by atoms with van der Waals surface area (Å²) in [6.45, 7) is 4.32. The number of anilines is 1. The molecule has 0 aliphatic rings. The SMILES string of the molecule is CC(CCN(C)Cc1ccncc1)c1ccc(N)cc1. The van der Waals surface area contributed by atoms with Gasteiger partial charge in [-0.15, -0.1) is 0 Å². The highest BCUT2D eigenvalue weighted by Crippen LogP contribution is 2.20. The van der Waals surface area contributed by atoms with Crippen molar-refractivity contribution in [2.75, 3.05) is 19.3 Å². The van der Waals surface area contributed by atoms with Crippen molar-refractivity contribution in [3.05, 3.63) is 59.9 Å². The maximum absolute atomic E-state index is 5.72. The average molecular weight is 269 g/mol. The van der Waals surface area contributed by atoms with E-state index >= 15 is 0 Å². The highest BCUT2D eigenvalue weighted by atomic mass is 15.1. The van der Waals surface area contributed by atoms with Crippen LogP contribution in [0.5, 0.6) is 0 Å². The molecule has 1 atom stereocenters. The lowest BCUT2D eigenvalue weighted by Gasteiger charge is -2.19. The average Bonchev–Trinajstić information content (AvgIpc) is 2.46. The minimum absolute atomic E-state index is 0.551. The first-order chi connectivity index (χ1) is 9.65. The molecule has 2 N–H and O–H groups in total. The molecular weight excluding hydrogens is 246 g/mol. The van der Waals surface area contributed by atoms with Crippen LogP contribution in [0.15, 0.2) is 48.8 Å². The number of nitrogens with zero attached hydrogens (tertiary/aromatic N) is 2. The molecule has 0 spiro atoms. The standard InChI is InChI=1S/C17H23N3/c1-14(16-3-5-17(18)6-4-16)9-12-20(2)13-15-7-10-19-11-8-15/h3-8,10-11,14H,9,12-13,18H2,1-2H3. The number of nitrogens with two attached hydrogens (primary N) is 1. The van der Waals surface area contributed by atoms with Crippen molar-refractivity contribution in [3.63, 3.8) is 0 Å². The van der Waals surface area contributed by atoms with Crippen LogP contribution in [0.4, 0.5) is 5.69 Å². The Labute approximate surface area is 121 Å². The fourth-order valence-electron chi connectivity index (χ4n) is 2.28. The van der Waals surface area contributed by atoms with Gasteiger partial charge in [0, 0.05) is 24.6 Å². The van der Waals surface area contributed by atoms with Crippen LogP contribution in [0.1, 0.15) is 30.4 Å². The van der Waals surface area contributed by atoms with Gasteiger partial charge >= 0.3 is 0 Å². The molecule has 1 aromatic carbocycles. The van der Waals surface area contributed by atoms with Crippen LogP contribution in [-0.2, 0) is 6.54 Å². The molecule has 1 heterocycles. The van der Waals surface area contributed by atoms with Crippen molar-refractivity contribution < 1.29 is 0 Å². The fourth-order valence-corrected chi connectivity index (χ4v) is 2.28. The lowest BCUT2D eigenvalue weighted by molar-refractivity contribution is 0.313. The second-order valence-electron chi connectivity index (χ2n) is 5.45. The van der Waals surface area contributed by atoms with E-state index in [4.69, 9.17) is 5.73 Å². The quantitative estimate of drug-likeness (QED) is 0.818. The topological polar surface area (TPSA) is 42.2 Å². The smallest absolute Gasteiger partial charge is 0.0314 e. The molecule has 2 aromatic rings. The predicted molar refractivity (Wildman–Crippen MR) is 84.5 cm³/mol. The van der Waals surface area contributed by atoms with Gasteiger partial charge < -0.3 is 10.6 Å². The molecule has 20 heavy (non-hydrogen) atoms. The van der Waals surface area contributed by atoms with Gasteiger partial charge in [-0.3, -0.25) is 4.98 Å². The zero-order valence-electron chi connectivity index (χ0n) is 12.3. The van der Waals surface area contributed by atoms with Crippen molar-refractivity contribution in [2.45, 2.75) is 25.8 Å². The molecule has 3 nitrogen and oxygen atoms in total. The number of benzene rings is 1. The number of nitrogen functional groups attached to an aromatic ring is 1. The van der Waals surface area contributed by atoms with Gasteiger partial charge in [-0.2, -0.15) is 0 Å². The molecule has 0 aliphatic heterocycles. The van der Waals surface area contributed by atoms with Crippen LogP contribution in [0.3, 0.4) is 0 Å². The van der Waals surface area contributed by atoms with Crippen LogP contribution in [-0.4, -0.2) is 23.5 Å².